The number of hydrogen-bond acceptors (Lipinski definition) is 4. The van der Waals surface area contributed by atoms with E-state index < -0.39 is 9.84 Å². The van der Waals surface area contributed by atoms with Gasteiger partial charge in [0.1, 0.15) is 0 Å². The van der Waals surface area contributed by atoms with Crippen LogP contribution in [0.15, 0.2) is 0 Å². The molecular formula is C11H18N2O3S. The maximum absolute atomic E-state index is 12.2. The van der Waals surface area contributed by atoms with E-state index in [9.17, 15) is 13.2 Å². The van der Waals surface area contributed by atoms with Crippen LogP contribution in [0.1, 0.15) is 19.3 Å². The van der Waals surface area contributed by atoms with Crippen LogP contribution in [-0.2, 0) is 14.6 Å². The van der Waals surface area contributed by atoms with Crippen molar-refractivity contribution in [1.82, 2.24) is 10.2 Å². The van der Waals surface area contributed by atoms with E-state index in [-0.39, 0.29) is 35.4 Å². The molecule has 0 unspecified atom stereocenters. The van der Waals surface area contributed by atoms with Crippen LogP contribution in [0.3, 0.4) is 0 Å². The smallest absolute Gasteiger partial charge is 0.226 e. The van der Waals surface area contributed by atoms with Crippen LogP contribution in [0.2, 0.25) is 0 Å². The summed E-state index contributed by atoms with van der Waals surface area (Å²) in [6.07, 6.45) is 3.09. The quantitative estimate of drug-likeness (QED) is 0.681. The van der Waals surface area contributed by atoms with Crippen molar-refractivity contribution in [3.63, 3.8) is 0 Å². The number of fused-ring (bicyclic) bond motifs is 1. The summed E-state index contributed by atoms with van der Waals surface area (Å²) in [5, 5.41) is 3.22. The minimum absolute atomic E-state index is 0.0437. The number of sulfone groups is 1. The van der Waals surface area contributed by atoms with Gasteiger partial charge in [0.15, 0.2) is 9.84 Å². The fraction of sp³-hybridized carbons (Fsp3) is 0.909. The molecule has 17 heavy (non-hydrogen) atoms. The molecule has 1 N–H and O–H groups in total. The van der Waals surface area contributed by atoms with Crippen molar-refractivity contribution in [2.45, 2.75) is 31.3 Å². The van der Waals surface area contributed by atoms with Gasteiger partial charge in [-0.05, 0) is 12.8 Å². The van der Waals surface area contributed by atoms with Crippen molar-refractivity contribution in [3.05, 3.63) is 0 Å². The highest BCUT2D eigenvalue weighted by Crippen LogP contribution is 2.31. The molecule has 6 heteroatoms. The summed E-state index contributed by atoms with van der Waals surface area (Å²) in [5.41, 5.74) is 0. The zero-order valence-electron chi connectivity index (χ0n) is 9.76. The minimum Gasteiger partial charge on any atom is -0.336 e. The third kappa shape index (κ3) is 1.97. The van der Waals surface area contributed by atoms with Gasteiger partial charge in [-0.2, -0.15) is 0 Å². The molecular weight excluding hydrogens is 240 g/mol. The molecule has 1 aliphatic carbocycles. The summed E-state index contributed by atoms with van der Waals surface area (Å²) in [7, 11) is -2.97. The Morgan fingerprint density at radius 1 is 1.24 bits per heavy atom. The molecule has 2 atom stereocenters. The van der Waals surface area contributed by atoms with E-state index in [0.29, 0.717) is 6.54 Å². The van der Waals surface area contributed by atoms with Gasteiger partial charge >= 0.3 is 0 Å². The highest BCUT2D eigenvalue weighted by molar-refractivity contribution is 7.91. The monoisotopic (exact) mass is 258 g/mol. The molecule has 1 amide bonds. The third-order valence-electron chi connectivity index (χ3n) is 4.22. The number of amides is 1. The van der Waals surface area contributed by atoms with Crippen molar-refractivity contribution >= 4 is 15.7 Å². The molecule has 0 bridgehead atoms. The molecule has 1 saturated carbocycles. The molecule has 0 aromatic carbocycles. The largest absolute Gasteiger partial charge is 0.336 e. The second-order valence-corrected chi connectivity index (χ2v) is 7.52. The van der Waals surface area contributed by atoms with Crippen LogP contribution >= 0.6 is 0 Å². The first-order valence-electron chi connectivity index (χ1n) is 6.31. The highest BCUT2D eigenvalue weighted by Gasteiger charge is 2.46. The third-order valence-corrected chi connectivity index (χ3v) is 5.94. The fourth-order valence-electron chi connectivity index (χ4n) is 3.03. The molecule has 3 rings (SSSR count). The van der Waals surface area contributed by atoms with Gasteiger partial charge in [-0.25, -0.2) is 8.42 Å². The fourth-order valence-corrected chi connectivity index (χ4v) is 4.99. The Balaban J connectivity index is 1.78. The first-order chi connectivity index (χ1) is 8.07. The second-order valence-electron chi connectivity index (χ2n) is 5.36. The molecule has 5 nitrogen and oxygen atoms in total. The lowest BCUT2D eigenvalue weighted by Crippen LogP contribution is -2.60. The molecule has 0 spiro atoms. The summed E-state index contributed by atoms with van der Waals surface area (Å²) < 4.78 is 23.3. The topological polar surface area (TPSA) is 66.5 Å². The Labute approximate surface area is 101 Å². The first kappa shape index (κ1) is 11.5. The number of carbonyl (C=O) groups excluding carboxylic acids is 1. The number of nitrogens with one attached hydrogen (secondary N) is 1. The molecule has 3 aliphatic rings. The van der Waals surface area contributed by atoms with Gasteiger partial charge in [0.25, 0.3) is 0 Å². The Morgan fingerprint density at radius 3 is 2.65 bits per heavy atom. The van der Waals surface area contributed by atoms with Crippen molar-refractivity contribution in [2.24, 2.45) is 5.92 Å². The van der Waals surface area contributed by atoms with Crippen molar-refractivity contribution in [3.8, 4) is 0 Å². The molecule has 2 saturated heterocycles. The SMILES string of the molecule is O=C(C1CCC1)N1CCN[C@@H]2CS(=O)(=O)C[C@@H]21. The zero-order valence-corrected chi connectivity index (χ0v) is 10.6. The normalized spacial score (nSPS) is 36.4. The average molecular weight is 258 g/mol. The molecule has 0 radical (unpaired) electrons. The van der Waals surface area contributed by atoms with Gasteiger partial charge in [-0.1, -0.05) is 6.42 Å². The van der Waals surface area contributed by atoms with Crippen molar-refractivity contribution < 1.29 is 13.2 Å². The van der Waals surface area contributed by atoms with Crippen LogP contribution in [-0.4, -0.2) is 55.9 Å². The Bertz CT molecular complexity index is 430. The average Bonchev–Trinajstić information content (AvgIpc) is 2.47. The van der Waals surface area contributed by atoms with Gasteiger partial charge in [-0.3, -0.25) is 4.79 Å². The first-order valence-corrected chi connectivity index (χ1v) is 8.13. The van der Waals surface area contributed by atoms with E-state index in [1.165, 1.54) is 0 Å². The maximum atomic E-state index is 12.2. The van der Waals surface area contributed by atoms with Crippen LogP contribution in [0, 0.1) is 5.92 Å². The Kier molecular flexibility index (Phi) is 2.66. The van der Waals surface area contributed by atoms with E-state index in [0.717, 1.165) is 25.8 Å². The molecule has 2 aliphatic heterocycles. The molecule has 3 fully saturated rings. The van der Waals surface area contributed by atoms with Gasteiger partial charge in [-0.15, -0.1) is 0 Å². The number of carbonyl (C=O) groups is 1. The number of hydrogen-bond donors (Lipinski definition) is 1. The summed E-state index contributed by atoms with van der Waals surface area (Å²) in [6, 6.07) is -0.167. The summed E-state index contributed by atoms with van der Waals surface area (Å²) in [5.74, 6) is 0.678. The standard InChI is InChI=1S/C11H18N2O3S/c14-11(8-2-1-3-8)13-5-4-12-9-6-17(15,16)7-10(9)13/h8-10,12H,1-7H2/t9-,10+/m1/s1. The second kappa shape index (κ2) is 3.95. The van der Waals surface area contributed by atoms with E-state index in [1.807, 2.05) is 4.90 Å². The van der Waals surface area contributed by atoms with Gasteiger partial charge in [0, 0.05) is 25.0 Å². The zero-order chi connectivity index (χ0) is 12.0. The number of rotatable bonds is 1. The van der Waals surface area contributed by atoms with Crippen LogP contribution in [0.5, 0.6) is 0 Å². The summed E-state index contributed by atoms with van der Waals surface area (Å²) in [4.78, 5) is 14.1. The Morgan fingerprint density at radius 2 is 2.00 bits per heavy atom. The summed E-state index contributed by atoms with van der Waals surface area (Å²) >= 11 is 0. The predicted molar refractivity (Wildman–Crippen MR) is 63.3 cm³/mol. The highest BCUT2D eigenvalue weighted by atomic mass is 32.2. The summed E-state index contributed by atoms with van der Waals surface area (Å²) in [6.45, 7) is 1.38. The lowest BCUT2D eigenvalue weighted by atomic mass is 9.83. The van der Waals surface area contributed by atoms with Crippen LogP contribution in [0.4, 0.5) is 0 Å². The van der Waals surface area contributed by atoms with Gasteiger partial charge < -0.3 is 10.2 Å². The van der Waals surface area contributed by atoms with E-state index in [1.54, 1.807) is 0 Å². The van der Waals surface area contributed by atoms with Crippen LogP contribution < -0.4 is 5.32 Å². The number of piperazine rings is 1. The maximum Gasteiger partial charge on any atom is 0.226 e. The van der Waals surface area contributed by atoms with Crippen molar-refractivity contribution in [1.29, 1.82) is 0 Å². The van der Waals surface area contributed by atoms with Crippen LogP contribution in [0.25, 0.3) is 0 Å². The Hall–Kier alpha value is -0.620. The predicted octanol–water partition coefficient (Wildman–Crippen LogP) is -0.616. The van der Waals surface area contributed by atoms with E-state index in [4.69, 9.17) is 0 Å². The molecule has 0 aromatic rings. The lowest BCUT2D eigenvalue weighted by molar-refractivity contribution is -0.141. The molecule has 2 heterocycles. The lowest BCUT2D eigenvalue weighted by Gasteiger charge is -2.40. The van der Waals surface area contributed by atoms with E-state index in [2.05, 4.69) is 5.32 Å². The molecule has 0 aromatic heterocycles. The van der Waals surface area contributed by atoms with Gasteiger partial charge in [0.2, 0.25) is 5.91 Å². The molecule has 96 valence electrons. The van der Waals surface area contributed by atoms with Gasteiger partial charge in [0.05, 0.1) is 17.5 Å². The van der Waals surface area contributed by atoms with E-state index >= 15 is 0 Å². The van der Waals surface area contributed by atoms with Crippen molar-refractivity contribution in [2.75, 3.05) is 24.6 Å². The minimum atomic E-state index is -2.97. The number of nitrogens with zero attached hydrogens (tertiary/aromatic N) is 1.